The lowest BCUT2D eigenvalue weighted by atomic mass is 9.98. The van der Waals surface area contributed by atoms with E-state index in [1.165, 1.54) is 0 Å². The summed E-state index contributed by atoms with van der Waals surface area (Å²) in [7, 11) is 1.84. The van der Waals surface area contributed by atoms with Crippen LogP contribution in [0.4, 0.5) is 0 Å². The summed E-state index contributed by atoms with van der Waals surface area (Å²) < 4.78 is 11.7. The Morgan fingerprint density at radius 2 is 2.00 bits per heavy atom. The number of hydrogen-bond acceptors (Lipinski definition) is 5. The summed E-state index contributed by atoms with van der Waals surface area (Å²) in [6.45, 7) is 4.04. The first kappa shape index (κ1) is 14.7. The highest BCUT2D eigenvalue weighted by atomic mass is 16.5. The van der Waals surface area contributed by atoms with Crippen molar-refractivity contribution in [1.82, 2.24) is 14.8 Å². The van der Waals surface area contributed by atoms with Crippen LogP contribution >= 0.6 is 0 Å². The van der Waals surface area contributed by atoms with Gasteiger partial charge >= 0.3 is 0 Å². The number of aromatic nitrogens is 1. The van der Waals surface area contributed by atoms with Crippen molar-refractivity contribution in [3.8, 4) is 0 Å². The van der Waals surface area contributed by atoms with Crippen molar-refractivity contribution in [2.45, 2.75) is 31.5 Å². The number of carbonyl (C=O) groups excluding carboxylic acids is 1. The second kappa shape index (κ2) is 5.32. The Kier molecular flexibility index (Phi) is 3.39. The Balaban J connectivity index is 1.48. The second-order valence-corrected chi connectivity index (χ2v) is 6.42. The standard InChI is InChI=1S/C17H21N3O3/c1-12(16-18-13-5-3-4-6-14(13)23-16)20-9-7-17(8-10-20)19(2)15(21)11-22-17/h3-6,12H,7-11H2,1-2H3. The molecule has 2 saturated heterocycles. The number of nitrogens with zero attached hydrogens (tertiary/aromatic N) is 3. The van der Waals surface area contributed by atoms with Crippen LogP contribution < -0.4 is 0 Å². The maximum atomic E-state index is 11.7. The lowest BCUT2D eigenvalue weighted by molar-refractivity contribution is -0.137. The van der Waals surface area contributed by atoms with Crippen molar-refractivity contribution < 1.29 is 13.9 Å². The number of oxazole rings is 1. The number of para-hydroxylation sites is 2. The van der Waals surface area contributed by atoms with E-state index in [4.69, 9.17) is 9.15 Å². The molecule has 3 heterocycles. The minimum Gasteiger partial charge on any atom is -0.439 e. The van der Waals surface area contributed by atoms with Crippen molar-refractivity contribution in [1.29, 1.82) is 0 Å². The minimum absolute atomic E-state index is 0.0745. The smallest absolute Gasteiger partial charge is 0.250 e. The molecule has 122 valence electrons. The number of fused-ring (bicyclic) bond motifs is 1. The van der Waals surface area contributed by atoms with E-state index >= 15 is 0 Å². The van der Waals surface area contributed by atoms with Gasteiger partial charge in [0, 0.05) is 33.0 Å². The van der Waals surface area contributed by atoms with E-state index in [2.05, 4.69) is 16.8 Å². The Morgan fingerprint density at radius 1 is 1.26 bits per heavy atom. The molecule has 1 aromatic carbocycles. The fourth-order valence-corrected chi connectivity index (χ4v) is 3.58. The summed E-state index contributed by atoms with van der Waals surface area (Å²) in [6.07, 6.45) is 1.64. The van der Waals surface area contributed by atoms with Gasteiger partial charge in [-0.05, 0) is 19.1 Å². The summed E-state index contributed by atoms with van der Waals surface area (Å²) >= 11 is 0. The normalized spacial score (nSPS) is 23.0. The molecule has 0 bridgehead atoms. The lowest BCUT2D eigenvalue weighted by Crippen LogP contribution is -2.52. The molecule has 1 unspecified atom stereocenters. The van der Waals surface area contributed by atoms with E-state index in [-0.39, 0.29) is 18.6 Å². The van der Waals surface area contributed by atoms with Gasteiger partial charge in [0.05, 0.1) is 6.04 Å². The zero-order chi connectivity index (χ0) is 16.0. The first-order valence-corrected chi connectivity index (χ1v) is 8.09. The van der Waals surface area contributed by atoms with Crippen LogP contribution in [0.1, 0.15) is 31.7 Å². The summed E-state index contributed by atoms with van der Waals surface area (Å²) in [5.74, 6) is 0.823. The molecule has 1 amide bonds. The van der Waals surface area contributed by atoms with Gasteiger partial charge < -0.3 is 14.1 Å². The van der Waals surface area contributed by atoms with Crippen LogP contribution in [0.2, 0.25) is 0 Å². The van der Waals surface area contributed by atoms with Gasteiger partial charge in [-0.15, -0.1) is 0 Å². The highest BCUT2D eigenvalue weighted by Gasteiger charge is 2.47. The van der Waals surface area contributed by atoms with Gasteiger partial charge in [-0.25, -0.2) is 4.98 Å². The quantitative estimate of drug-likeness (QED) is 0.850. The van der Waals surface area contributed by atoms with E-state index in [0.717, 1.165) is 42.9 Å². The van der Waals surface area contributed by atoms with Crippen LogP contribution in [-0.2, 0) is 9.53 Å². The maximum Gasteiger partial charge on any atom is 0.250 e. The molecule has 4 rings (SSSR count). The second-order valence-electron chi connectivity index (χ2n) is 6.42. The van der Waals surface area contributed by atoms with Gasteiger partial charge in [-0.2, -0.15) is 0 Å². The molecule has 0 N–H and O–H groups in total. The topological polar surface area (TPSA) is 58.8 Å². The largest absolute Gasteiger partial charge is 0.439 e. The van der Waals surface area contributed by atoms with E-state index < -0.39 is 5.72 Å². The highest BCUT2D eigenvalue weighted by Crippen LogP contribution is 2.36. The summed E-state index contributed by atoms with van der Waals surface area (Å²) in [4.78, 5) is 20.5. The average Bonchev–Trinajstić information content (AvgIpc) is 3.13. The molecule has 0 saturated carbocycles. The molecule has 6 nitrogen and oxygen atoms in total. The monoisotopic (exact) mass is 315 g/mol. The van der Waals surface area contributed by atoms with Gasteiger partial charge in [0.1, 0.15) is 17.8 Å². The Bertz CT molecular complexity index is 701. The number of amides is 1. The number of hydrogen-bond donors (Lipinski definition) is 0. The molecule has 23 heavy (non-hydrogen) atoms. The molecule has 2 aliphatic heterocycles. The van der Waals surface area contributed by atoms with E-state index in [9.17, 15) is 4.79 Å². The van der Waals surface area contributed by atoms with Crippen molar-refractivity contribution >= 4 is 17.0 Å². The maximum absolute atomic E-state index is 11.7. The highest BCUT2D eigenvalue weighted by molar-refractivity contribution is 5.79. The van der Waals surface area contributed by atoms with Crippen LogP contribution in [0.3, 0.4) is 0 Å². The molecule has 1 aromatic heterocycles. The minimum atomic E-state index is -0.408. The van der Waals surface area contributed by atoms with Gasteiger partial charge in [-0.1, -0.05) is 12.1 Å². The fourth-order valence-electron chi connectivity index (χ4n) is 3.58. The Labute approximate surface area is 135 Å². The molecule has 0 radical (unpaired) electrons. The third-order valence-corrected chi connectivity index (χ3v) is 5.24. The van der Waals surface area contributed by atoms with Gasteiger partial charge in [0.25, 0.3) is 5.91 Å². The van der Waals surface area contributed by atoms with Crippen LogP contribution in [0.15, 0.2) is 28.7 Å². The number of likely N-dealkylation sites (tertiary alicyclic amines) is 1. The van der Waals surface area contributed by atoms with Crippen molar-refractivity contribution in [2.75, 3.05) is 26.7 Å². The number of piperidine rings is 1. The molecule has 1 atom stereocenters. The number of likely N-dealkylation sites (N-methyl/N-ethyl adjacent to an activating group) is 1. The zero-order valence-corrected chi connectivity index (χ0v) is 13.5. The summed E-state index contributed by atoms with van der Waals surface area (Å²) in [5.41, 5.74) is 1.31. The van der Waals surface area contributed by atoms with Gasteiger partial charge in [-0.3, -0.25) is 9.69 Å². The first-order valence-electron chi connectivity index (χ1n) is 8.09. The van der Waals surface area contributed by atoms with Crippen LogP contribution in [0, 0.1) is 0 Å². The summed E-state index contributed by atoms with van der Waals surface area (Å²) in [6, 6.07) is 7.94. The van der Waals surface area contributed by atoms with Crippen molar-refractivity contribution in [3.05, 3.63) is 30.2 Å². The molecule has 2 fully saturated rings. The fraction of sp³-hybridized carbons (Fsp3) is 0.529. The molecular weight excluding hydrogens is 294 g/mol. The third-order valence-electron chi connectivity index (χ3n) is 5.24. The van der Waals surface area contributed by atoms with Gasteiger partial charge in [0.2, 0.25) is 5.89 Å². The molecular formula is C17H21N3O3. The molecule has 2 aromatic rings. The Hall–Kier alpha value is -1.92. The average molecular weight is 315 g/mol. The molecule has 0 aliphatic carbocycles. The molecule has 1 spiro atoms. The Morgan fingerprint density at radius 3 is 2.65 bits per heavy atom. The third kappa shape index (κ3) is 2.33. The van der Waals surface area contributed by atoms with Crippen LogP contribution in [0.5, 0.6) is 0 Å². The van der Waals surface area contributed by atoms with Crippen molar-refractivity contribution in [3.63, 3.8) is 0 Å². The summed E-state index contributed by atoms with van der Waals surface area (Å²) in [5, 5.41) is 0. The van der Waals surface area contributed by atoms with Crippen LogP contribution in [-0.4, -0.2) is 53.2 Å². The number of benzene rings is 1. The number of rotatable bonds is 2. The first-order chi connectivity index (χ1) is 11.1. The van der Waals surface area contributed by atoms with E-state index in [1.54, 1.807) is 4.90 Å². The molecule has 2 aliphatic rings. The molecule has 6 heteroatoms. The predicted molar refractivity (Wildman–Crippen MR) is 84.7 cm³/mol. The van der Waals surface area contributed by atoms with E-state index in [0.29, 0.717) is 0 Å². The number of ether oxygens (including phenoxy) is 1. The zero-order valence-electron chi connectivity index (χ0n) is 13.5. The lowest BCUT2D eigenvalue weighted by Gasteiger charge is -2.43. The predicted octanol–water partition coefficient (Wildman–Crippen LogP) is 2.17. The number of carbonyl (C=O) groups is 1. The van der Waals surface area contributed by atoms with E-state index in [1.807, 2.05) is 31.3 Å². The van der Waals surface area contributed by atoms with Crippen molar-refractivity contribution in [2.24, 2.45) is 0 Å². The SMILES string of the molecule is CC(c1nc2ccccc2o1)N1CCC2(CC1)OCC(=O)N2C. The van der Waals surface area contributed by atoms with Gasteiger partial charge in [0.15, 0.2) is 5.58 Å². The van der Waals surface area contributed by atoms with Crippen LogP contribution in [0.25, 0.3) is 11.1 Å².